The number of hydrogen-bond donors (Lipinski definition) is 1. The number of furan rings is 1. The van der Waals surface area contributed by atoms with Gasteiger partial charge in [-0.3, -0.25) is 4.79 Å². The predicted octanol–water partition coefficient (Wildman–Crippen LogP) is 3.34. The smallest absolute Gasteiger partial charge is 0.259 e. The lowest BCUT2D eigenvalue weighted by Crippen LogP contribution is -2.11. The van der Waals surface area contributed by atoms with Gasteiger partial charge in [0.2, 0.25) is 0 Å². The molecule has 0 fully saturated rings. The maximum absolute atomic E-state index is 12.1. The van der Waals surface area contributed by atoms with E-state index in [1.54, 1.807) is 30.3 Å². The molecule has 0 aliphatic heterocycles. The Bertz CT molecular complexity index is 934. The molecule has 0 bridgehead atoms. The van der Waals surface area contributed by atoms with Crippen LogP contribution in [0.25, 0.3) is 22.6 Å². The zero-order chi connectivity index (χ0) is 14.8. The second-order valence-electron chi connectivity index (χ2n) is 4.26. The Kier molecular flexibility index (Phi) is 3.42. The molecule has 0 radical (unpaired) electrons. The van der Waals surface area contributed by atoms with E-state index in [1.165, 1.54) is 12.3 Å². The van der Waals surface area contributed by atoms with Gasteiger partial charge in [-0.15, -0.1) is 0 Å². The SMILES string of the molecule is N#CC(=Cc1ccco1)c1nc2ccc(Br)cc2c(=O)[nH]1. The molecular formula is C15H8BrN3O2. The Labute approximate surface area is 127 Å². The second-order valence-corrected chi connectivity index (χ2v) is 5.18. The number of hydrogen-bond acceptors (Lipinski definition) is 4. The van der Waals surface area contributed by atoms with E-state index < -0.39 is 0 Å². The van der Waals surface area contributed by atoms with E-state index in [4.69, 9.17) is 4.42 Å². The van der Waals surface area contributed by atoms with Crippen LogP contribution in [0.5, 0.6) is 0 Å². The van der Waals surface area contributed by atoms with Crippen molar-refractivity contribution in [3.05, 3.63) is 63.0 Å². The van der Waals surface area contributed by atoms with Gasteiger partial charge in [0.05, 0.1) is 22.7 Å². The van der Waals surface area contributed by atoms with Gasteiger partial charge in [-0.25, -0.2) is 4.98 Å². The first-order valence-corrected chi connectivity index (χ1v) is 6.82. The number of allylic oxidation sites excluding steroid dienone is 1. The van der Waals surface area contributed by atoms with Crippen LogP contribution in [0.2, 0.25) is 0 Å². The number of nitriles is 1. The molecule has 0 unspecified atom stereocenters. The molecule has 0 saturated heterocycles. The number of aromatic nitrogens is 2. The van der Waals surface area contributed by atoms with Gasteiger partial charge in [0.25, 0.3) is 5.56 Å². The van der Waals surface area contributed by atoms with Crippen molar-refractivity contribution in [3.63, 3.8) is 0 Å². The predicted molar refractivity (Wildman–Crippen MR) is 82.3 cm³/mol. The zero-order valence-electron chi connectivity index (χ0n) is 10.6. The average molecular weight is 342 g/mol. The summed E-state index contributed by atoms with van der Waals surface area (Å²) in [6.07, 6.45) is 3.04. The number of benzene rings is 1. The highest BCUT2D eigenvalue weighted by molar-refractivity contribution is 9.10. The summed E-state index contributed by atoms with van der Waals surface area (Å²) in [4.78, 5) is 19.0. The Balaban J connectivity index is 2.19. The molecule has 3 aromatic rings. The minimum Gasteiger partial charge on any atom is -0.465 e. The molecule has 102 valence electrons. The molecule has 0 atom stereocenters. The molecular weight excluding hydrogens is 334 g/mol. The van der Waals surface area contributed by atoms with E-state index in [9.17, 15) is 10.1 Å². The molecule has 21 heavy (non-hydrogen) atoms. The molecule has 0 amide bonds. The maximum Gasteiger partial charge on any atom is 0.259 e. The molecule has 0 aliphatic carbocycles. The van der Waals surface area contributed by atoms with Crippen molar-refractivity contribution in [1.29, 1.82) is 5.26 Å². The van der Waals surface area contributed by atoms with E-state index in [2.05, 4.69) is 25.9 Å². The van der Waals surface area contributed by atoms with E-state index in [0.717, 1.165) is 4.47 Å². The van der Waals surface area contributed by atoms with Crippen molar-refractivity contribution >= 4 is 38.5 Å². The molecule has 1 aromatic carbocycles. The number of nitrogens with zero attached hydrogens (tertiary/aromatic N) is 2. The number of halogens is 1. The summed E-state index contributed by atoms with van der Waals surface area (Å²) in [5.41, 5.74) is 0.460. The van der Waals surface area contributed by atoms with Crippen molar-refractivity contribution in [1.82, 2.24) is 9.97 Å². The molecule has 3 rings (SSSR count). The van der Waals surface area contributed by atoms with Crippen molar-refractivity contribution in [2.45, 2.75) is 0 Å². The van der Waals surface area contributed by atoms with Crippen LogP contribution < -0.4 is 5.56 Å². The van der Waals surface area contributed by atoms with E-state index in [1.807, 2.05) is 6.07 Å². The van der Waals surface area contributed by atoms with E-state index in [-0.39, 0.29) is 17.0 Å². The number of fused-ring (bicyclic) bond motifs is 1. The lowest BCUT2D eigenvalue weighted by molar-refractivity contribution is 0.557. The fourth-order valence-electron chi connectivity index (χ4n) is 1.91. The van der Waals surface area contributed by atoms with Gasteiger partial charge < -0.3 is 9.40 Å². The number of H-pyrrole nitrogens is 1. The first-order valence-electron chi connectivity index (χ1n) is 6.02. The molecule has 1 N–H and O–H groups in total. The van der Waals surface area contributed by atoms with Crippen LogP contribution in [0, 0.1) is 11.3 Å². The van der Waals surface area contributed by atoms with Crippen molar-refractivity contribution in [2.75, 3.05) is 0 Å². The Morgan fingerprint density at radius 2 is 2.29 bits per heavy atom. The number of rotatable bonds is 2. The average Bonchev–Trinajstić information content (AvgIpc) is 2.98. The van der Waals surface area contributed by atoms with Crippen molar-refractivity contribution < 1.29 is 4.42 Å². The van der Waals surface area contributed by atoms with Crippen molar-refractivity contribution in [2.24, 2.45) is 0 Å². The molecule has 2 aromatic heterocycles. The second kappa shape index (κ2) is 5.38. The summed E-state index contributed by atoms with van der Waals surface area (Å²) < 4.78 is 5.96. The van der Waals surface area contributed by atoms with E-state index >= 15 is 0 Å². The van der Waals surface area contributed by atoms with Crippen molar-refractivity contribution in [3.8, 4) is 6.07 Å². The van der Waals surface area contributed by atoms with Gasteiger partial charge in [-0.05, 0) is 30.3 Å². The highest BCUT2D eigenvalue weighted by Gasteiger charge is 2.09. The zero-order valence-corrected chi connectivity index (χ0v) is 12.2. The maximum atomic E-state index is 12.1. The first kappa shape index (κ1) is 13.3. The van der Waals surface area contributed by atoms with Crippen LogP contribution in [0.4, 0.5) is 0 Å². The molecule has 2 heterocycles. The molecule has 5 nitrogen and oxygen atoms in total. The topological polar surface area (TPSA) is 82.7 Å². The highest BCUT2D eigenvalue weighted by atomic mass is 79.9. The van der Waals surface area contributed by atoms with Crippen LogP contribution >= 0.6 is 15.9 Å². The quantitative estimate of drug-likeness (QED) is 0.724. The standard InChI is InChI=1S/C15H8BrN3O2/c16-10-3-4-13-12(7-10)15(20)19-14(18-13)9(8-17)6-11-2-1-5-21-11/h1-7H,(H,18,19,20). The third-order valence-electron chi connectivity index (χ3n) is 2.87. The summed E-state index contributed by atoms with van der Waals surface area (Å²) >= 11 is 3.31. The van der Waals surface area contributed by atoms with Crippen LogP contribution in [0.3, 0.4) is 0 Å². The summed E-state index contributed by atoms with van der Waals surface area (Å²) in [6, 6.07) is 10.7. The summed E-state index contributed by atoms with van der Waals surface area (Å²) in [5, 5.41) is 9.72. The van der Waals surface area contributed by atoms with E-state index in [0.29, 0.717) is 16.7 Å². The van der Waals surface area contributed by atoms with Gasteiger partial charge >= 0.3 is 0 Å². The Hall–Kier alpha value is -2.65. The summed E-state index contributed by atoms with van der Waals surface area (Å²) in [7, 11) is 0. The first-order chi connectivity index (χ1) is 10.2. The van der Waals surface area contributed by atoms with Crippen LogP contribution in [-0.2, 0) is 0 Å². The largest absolute Gasteiger partial charge is 0.465 e. The van der Waals surface area contributed by atoms with Gasteiger partial charge in [0.15, 0.2) is 5.82 Å². The minimum atomic E-state index is -0.295. The summed E-state index contributed by atoms with van der Waals surface area (Å²) in [5.74, 6) is 0.735. The molecule has 0 aliphatic rings. The third kappa shape index (κ3) is 2.64. The molecule has 0 saturated carbocycles. The monoisotopic (exact) mass is 341 g/mol. The van der Waals surface area contributed by atoms with Gasteiger partial charge in [0, 0.05) is 10.5 Å². The Morgan fingerprint density at radius 3 is 3.00 bits per heavy atom. The number of nitrogens with one attached hydrogen (secondary N) is 1. The summed E-state index contributed by atoms with van der Waals surface area (Å²) in [6.45, 7) is 0. The highest BCUT2D eigenvalue weighted by Crippen LogP contribution is 2.18. The van der Waals surface area contributed by atoms with Crippen LogP contribution in [-0.4, -0.2) is 9.97 Å². The minimum absolute atomic E-state index is 0.216. The molecule has 6 heteroatoms. The van der Waals surface area contributed by atoms with Gasteiger partial charge in [-0.2, -0.15) is 5.26 Å². The lowest BCUT2D eigenvalue weighted by Gasteiger charge is -2.02. The van der Waals surface area contributed by atoms with Gasteiger partial charge in [-0.1, -0.05) is 15.9 Å². The Morgan fingerprint density at radius 1 is 1.43 bits per heavy atom. The van der Waals surface area contributed by atoms with Gasteiger partial charge in [0.1, 0.15) is 11.8 Å². The van der Waals surface area contributed by atoms with Crippen LogP contribution in [0.15, 0.2) is 50.3 Å². The van der Waals surface area contributed by atoms with Crippen LogP contribution in [0.1, 0.15) is 11.6 Å². The number of aromatic amines is 1. The normalized spacial score (nSPS) is 11.5. The lowest BCUT2D eigenvalue weighted by atomic mass is 10.2. The fourth-order valence-corrected chi connectivity index (χ4v) is 2.27. The fraction of sp³-hybridized carbons (Fsp3) is 0. The molecule has 0 spiro atoms. The third-order valence-corrected chi connectivity index (χ3v) is 3.37.